The van der Waals surface area contributed by atoms with E-state index in [9.17, 15) is 4.79 Å². The Balaban J connectivity index is 1.68. The van der Waals surface area contributed by atoms with Crippen molar-refractivity contribution < 1.29 is 4.79 Å². The number of hydrogen-bond acceptors (Lipinski definition) is 5. The Morgan fingerprint density at radius 1 is 1.46 bits per heavy atom. The summed E-state index contributed by atoms with van der Waals surface area (Å²) in [5.74, 6) is 1.53. The van der Waals surface area contributed by atoms with Gasteiger partial charge in [-0.25, -0.2) is 4.98 Å². The van der Waals surface area contributed by atoms with Gasteiger partial charge in [-0.2, -0.15) is 0 Å². The van der Waals surface area contributed by atoms with E-state index >= 15 is 0 Å². The number of carbonyl (C=O) groups is 1. The number of likely N-dealkylation sites (tertiary alicyclic amines) is 1. The van der Waals surface area contributed by atoms with Crippen LogP contribution in [0.25, 0.3) is 0 Å². The molecule has 1 saturated heterocycles. The summed E-state index contributed by atoms with van der Waals surface area (Å²) in [5.41, 5.74) is 1.90. The number of benzene rings is 1. The second-order valence-electron chi connectivity index (χ2n) is 6.11. The first-order chi connectivity index (χ1) is 11.7. The molecule has 1 unspecified atom stereocenters. The Labute approximate surface area is 151 Å². The van der Waals surface area contributed by atoms with E-state index in [1.54, 1.807) is 23.1 Å². The van der Waals surface area contributed by atoms with Crippen LogP contribution in [0.2, 0.25) is 0 Å². The topological polar surface area (TPSA) is 45.2 Å². The van der Waals surface area contributed by atoms with Crippen molar-refractivity contribution in [3.8, 4) is 0 Å². The van der Waals surface area contributed by atoms with Gasteiger partial charge in [0.25, 0.3) is 5.91 Å². The summed E-state index contributed by atoms with van der Waals surface area (Å²) in [4.78, 5) is 20.5. The molecule has 1 aliphatic rings. The summed E-state index contributed by atoms with van der Waals surface area (Å²) < 4.78 is 0. The molecule has 2 aromatic rings. The zero-order chi connectivity index (χ0) is 16.9. The van der Waals surface area contributed by atoms with Crippen molar-refractivity contribution in [2.75, 3.05) is 26.7 Å². The first-order valence-corrected chi connectivity index (χ1v) is 10.1. The average molecular weight is 362 g/mol. The highest BCUT2D eigenvalue weighted by Crippen LogP contribution is 2.29. The lowest BCUT2D eigenvalue weighted by molar-refractivity contribution is 0.0784. The molecule has 1 atom stereocenters. The van der Waals surface area contributed by atoms with Gasteiger partial charge < -0.3 is 10.2 Å². The molecule has 0 aliphatic carbocycles. The summed E-state index contributed by atoms with van der Waals surface area (Å²) in [6.45, 7) is 4.70. The maximum Gasteiger partial charge on any atom is 0.254 e. The minimum atomic E-state index is 0.158. The second-order valence-corrected chi connectivity index (χ2v) is 8.19. The number of aromatic nitrogens is 1. The van der Waals surface area contributed by atoms with Gasteiger partial charge in [-0.05, 0) is 45.0 Å². The molecule has 1 amide bonds. The maximum atomic E-state index is 12.9. The lowest BCUT2D eigenvalue weighted by Gasteiger charge is -2.18. The number of nitrogens with one attached hydrogen (secondary N) is 1. The molecule has 4 nitrogen and oxygen atoms in total. The number of rotatable bonds is 6. The smallest absolute Gasteiger partial charge is 0.254 e. The summed E-state index contributed by atoms with van der Waals surface area (Å²) in [5, 5.41) is 6.39. The van der Waals surface area contributed by atoms with Crippen molar-refractivity contribution in [3.63, 3.8) is 0 Å². The number of hydrogen-bond donors (Lipinski definition) is 1. The van der Waals surface area contributed by atoms with Crippen LogP contribution in [0.4, 0.5) is 0 Å². The molecule has 2 heterocycles. The van der Waals surface area contributed by atoms with Crippen molar-refractivity contribution in [1.82, 2.24) is 15.2 Å². The van der Waals surface area contributed by atoms with Crippen LogP contribution in [-0.2, 0) is 5.75 Å². The van der Waals surface area contributed by atoms with Gasteiger partial charge in [0.1, 0.15) is 0 Å². The largest absolute Gasteiger partial charge is 0.338 e. The average Bonchev–Trinajstić information content (AvgIpc) is 3.22. The van der Waals surface area contributed by atoms with Gasteiger partial charge in [0.2, 0.25) is 0 Å². The molecule has 128 valence electrons. The minimum absolute atomic E-state index is 0.158. The van der Waals surface area contributed by atoms with E-state index in [-0.39, 0.29) is 5.91 Å². The Hall–Kier alpha value is -1.37. The fourth-order valence-electron chi connectivity index (χ4n) is 3.04. The molecule has 0 spiro atoms. The van der Waals surface area contributed by atoms with Crippen molar-refractivity contribution in [1.29, 1.82) is 0 Å². The molecule has 0 bridgehead atoms. The fraction of sp³-hybridized carbons (Fsp3) is 0.444. The molecular formula is C18H23N3OS2. The van der Waals surface area contributed by atoms with Gasteiger partial charge >= 0.3 is 0 Å². The summed E-state index contributed by atoms with van der Waals surface area (Å²) in [6.07, 6.45) is 1.08. The SMILES string of the molecule is CNCC1CCN(C(=O)c2ccccc2SCc2csc(C)n2)C1. The zero-order valence-electron chi connectivity index (χ0n) is 14.1. The van der Waals surface area contributed by atoms with E-state index in [1.807, 2.05) is 43.1 Å². The first-order valence-electron chi connectivity index (χ1n) is 8.24. The van der Waals surface area contributed by atoms with Crippen LogP contribution in [0.5, 0.6) is 0 Å². The molecular weight excluding hydrogens is 338 g/mol. The highest BCUT2D eigenvalue weighted by Gasteiger charge is 2.27. The summed E-state index contributed by atoms with van der Waals surface area (Å²) in [6, 6.07) is 7.94. The number of nitrogens with zero attached hydrogens (tertiary/aromatic N) is 2. The van der Waals surface area contributed by atoms with Crippen LogP contribution in [-0.4, -0.2) is 42.5 Å². The van der Waals surface area contributed by atoms with Crippen LogP contribution < -0.4 is 5.32 Å². The van der Waals surface area contributed by atoms with Crippen molar-refractivity contribution >= 4 is 29.0 Å². The molecule has 1 aliphatic heterocycles. The quantitative estimate of drug-likeness (QED) is 0.801. The maximum absolute atomic E-state index is 12.9. The Morgan fingerprint density at radius 2 is 2.29 bits per heavy atom. The normalized spacial score (nSPS) is 17.4. The zero-order valence-corrected chi connectivity index (χ0v) is 15.8. The molecule has 1 aromatic heterocycles. The molecule has 1 N–H and O–H groups in total. The van der Waals surface area contributed by atoms with Gasteiger partial charge in [0.15, 0.2) is 0 Å². The van der Waals surface area contributed by atoms with Crippen molar-refractivity contribution in [2.24, 2.45) is 5.92 Å². The van der Waals surface area contributed by atoms with E-state index in [1.165, 1.54) is 0 Å². The summed E-state index contributed by atoms with van der Waals surface area (Å²) >= 11 is 3.37. The predicted molar refractivity (Wildman–Crippen MR) is 101 cm³/mol. The van der Waals surface area contributed by atoms with Crippen LogP contribution >= 0.6 is 23.1 Å². The van der Waals surface area contributed by atoms with Crippen molar-refractivity contribution in [3.05, 3.63) is 45.9 Å². The van der Waals surface area contributed by atoms with Crippen LogP contribution in [0.3, 0.4) is 0 Å². The third-order valence-electron chi connectivity index (χ3n) is 4.23. The van der Waals surface area contributed by atoms with Gasteiger partial charge in [-0.15, -0.1) is 23.1 Å². The van der Waals surface area contributed by atoms with E-state index < -0.39 is 0 Å². The molecule has 0 radical (unpaired) electrons. The Bertz CT molecular complexity index is 701. The molecule has 1 aromatic carbocycles. The second kappa shape index (κ2) is 8.14. The first kappa shape index (κ1) is 17.5. The van der Waals surface area contributed by atoms with Crippen molar-refractivity contribution in [2.45, 2.75) is 24.0 Å². The van der Waals surface area contributed by atoms with Gasteiger partial charge in [-0.1, -0.05) is 12.1 Å². The Morgan fingerprint density at radius 3 is 3.04 bits per heavy atom. The highest BCUT2D eigenvalue weighted by atomic mass is 32.2. The lowest BCUT2D eigenvalue weighted by Crippen LogP contribution is -2.30. The number of aryl methyl sites for hydroxylation is 1. The van der Waals surface area contributed by atoms with Gasteiger partial charge in [0, 0.05) is 29.1 Å². The number of amides is 1. The standard InChI is InChI=1S/C18H23N3OS2/c1-13-20-15(11-23-13)12-24-17-6-4-3-5-16(17)18(22)21-8-7-14(10-21)9-19-2/h3-6,11,14,19H,7-10,12H2,1-2H3. The van der Waals surface area contributed by atoms with E-state index in [4.69, 9.17) is 0 Å². The third kappa shape index (κ3) is 4.18. The lowest BCUT2D eigenvalue weighted by atomic mass is 10.1. The third-order valence-corrected chi connectivity index (χ3v) is 6.15. The number of carbonyl (C=O) groups excluding carboxylic acids is 1. The molecule has 3 rings (SSSR count). The van der Waals surface area contributed by atoms with Crippen LogP contribution in [0.1, 0.15) is 27.5 Å². The molecule has 1 fully saturated rings. The number of thiazole rings is 1. The molecule has 0 saturated carbocycles. The Kier molecular flexibility index (Phi) is 5.92. The molecule has 6 heteroatoms. The number of thioether (sulfide) groups is 1. The van der Waals surface area contributed by atoms with Crippen LogP contribution in [0.15, 0.2) is 34.5 Å². The summed E-state index contributed by atoms with van der Waals surface area (Å²) in [7, 11) is 1.97. The van der Waals surface area contributed by atoms with Crippen LogP contribution in [0, 0.1) is 12.8 Å². The van der Waals surface area contributed by atoms with E-state index in [2.05, 4.69) is 15.7 Å². The monoisotopic (exact) mass is 361 g/mol. The predicted octanol–water partition coefficient (Wildman–Crippen LogP) is 3.43. The van der Waals surface area contributed by atoms with Gasteiger partial charge in [0.05, 0.1) is 16.3 Å². The van der Waals surface area contributed by atoms with E-state index in [0.717, 1.165) is 53.0 Å². The fourth-order valence-corrected chi connectivity index (χ4v) is 4.69. The highest BCUT2D eigenvalue weighted by molar-refractivity contribution is 7.98. The van der Waals surface area contributed by atoms with E-state index in [0.29, 0.717) is 5.92 Å². The molecule has 24 heavy (non-hydrogen) atoms. The van der Waals surface area contributed by atoms with Gasteiger partial charge in [-0.3, -0.25) is 4.79 Å². The minimum Gasteiger partial charge on any atom is -0.338 e.